The van der Waals surface area contributed by atoms with Crippen molar-refractivity contribution in [2.45, 2.75) is 32.6 Å². The zero-order valence-electron chi connectivity index (χ0n) is 16.0. The standard InChI is InChI=1S/C20H22F3N3O2.ClH/c1-3-26(19(28)20(21,22)23)12-14-5-4-6-16(11-14)25-18(27)17(24)15-9-7-13(2)8-10-15;/h4-11,17H,3,12,24H2,1-2H3,(H,25,27);1H. The number of hydrogen-bond acceptors (Lipinski definition) is 3. The summed E-state index contributed by atoms with van der Waals surface area (Å²) in [4.78, 5) is 24.5. The number of benzene rings is 2. The van der Waals surface area contributed by atoms with Crippen LogP contribution in [0, 0.1) is 6.92 Å². The van der Waals surface area contributed by atoms with Gasteiger partial charge in [-0.3, -0.25) is 9.59 Å². The van der Waals surface area contributed by atoms with E-state index in [2.05, 4.69) is 5.32 Å². The Hall–Kier alpha value is -2.58. The highest BCUT2D eigenvalue weighted by atomic mass is 35.5. The molecule has 1 atom stereocenters. The molecular weight excluding hydrogens is 407 g/mol. The molecule has 158 valence electrons. The van der Waals surface area contributed by atoms with Crippen molar-refractivity contribution in [1.29, 1.82) is 0 Å². The van der Waals surface area contributed by atoms with Crippen LogP contribution in [0.4, 0.5) is 18.9 Å². The third-order valence-corrected chi connectivity index (χ3v) is 4.20. The summed E-state index contributed by atoms with van der Waals surface area (Å²) in [5.41, 5.74) is 8.51. The molecule has 0 aliphatic carbocycles. The number of rotatable bonds is 6. The molecule has 0 fully saturated rings. The first-order valence-corrected chi connectivity index (χ1v) is 8.70. The summed E-state index contributed by atoms with van der Waals surface area (Å²) in [6, 6.07) is 12.6. The second-order valence-corrected chi connectivity index (χ2v) is 6.40. The molecule has 2 rings (SSSR count). The Labute approximate surface area is 173 Å². The molecule has 0 radical (unpaired) electrons. The van der Waals surface area contributed by atoms with E-state index in [-0.39, 0.29) is 25.5 Å². The Morgan fingerprint density at radius 1 is 1.14 bits per heavy atom. The molecule has 2 aromatic rings. The molecule has 2 amide bonds. The van der Waals surface area contributed by atoms with Crippen LogP contribution in [0.5, 0.6) is 0 Å². The molecule has 2 aromatic carbocycles. The molecule has 1 unspecified atom stereocenters. The number of halogens is 4. The van der Waals surface area contributed by atoms with Crippen molar-refractivity contribution in [2.24, 2.45) is 5.73 Å². The highest BCUT2D eigenvalue weighted by molar-refractivity contribution is 5.95. The van der Waals surface area contributed by atoms with Gasteiger partial charge in [0.05, 0.1) is 0 Å². The number of aryl methyl sites for hydroxylation is 1. The van der Waals surface area contributed by atoms with Crippen LogP contribution in [0.1, 0.15) is 29.7 Å². The van der Waals surface area contributed by atoms with Gasteiger partial charge in [0, 0.05) is 18.8 Å². The number of amides is 2. The number of hydrogen-bond donors (Lipinski definition) is 2. The zero-order chi connectivity index (χ0) is 20.9. The van der Waals surface area contributed by atoms with Crippen LogP contribution in [-0.2, 0) is 16.1 Å². The summed E-state index contributed by atoms with van der Waals surface area (Å²) >= 11 is 0. The van der Waals surface area contributed by atoms with Crippen molar-refractivity contribution >= 4 is 29.9 Å². The zero-order valence-corrected chi connectivity index (χ0v) is 16.8. The van der Waals surface area contributed by atoms with Crippen LogP contribution in [0.2, 0.25) is 0 Å². The summed E-state index contributed by atoms with van der Waals surface area (Å²) in [5.74, 6) is -2.34. The predicted molar refractivity (Wildman–Crippen MR) is 108 cm³/mol. The number of nitrogens with zero attached hydrogens (tertiary/aromatic N) is 1. The lowest BCUT2D eigenvalue weighted by Crippen LogP contribution is -2.40. The maximum absolute atomic E-state index is 12.7. The summed E-state index contributed by atoms with van der Waals surface area (Å²) in [7, 11) is 0. The quantitative estimate of drug-likeness (QED) is 0.729. The molecule has 0 aliphatic heterocycles. The Kier molecular flexibility index (Phi) is 8.66. The fraction of sp³-hybridized carbons (Fsp3) is 0.300. The van der Waals surface area contributed by atoms with E-state index in [4.69, 9.17) is 5.73 Å². The van der Waals surface area contributed by atoms with Crippen LogP contribution in [0.3, 0.4) is 0 Å². The lowest BCUT2D eigenvalue weighted by Gasteiger charge is -2.22. The largest absolute Gasteiger partial charge is 0.471 e. The van der Waals surface area contributed by atoms with E-state index in [0.717, 1.165) is 5.56 Å². The minimum atomic E-state index is -4.93. The van der Waals surface area contributed by atoms with Gasteiger partial charge in [-0.2, -0.15) is 13.2 Å². The molecule has 3 N–H and O–H groups in total. The van der Waals surface area contributed by atoms with E-state index in [1.165, 1.54) is 13.0 Å². The fourth-order valence-corrected chi connectivity index (χ4v) is 2.62. The van der Waals surface area contributed by atoms with Gasteiger partial charge < -0.3 is 16.0 Å². The van der Waals surface area contributed by atoms with Crippen molar-refractivity contribution in [3.63, 3.8) is 0 Å². The number of carbonyl (C=O) groups excluding carboxylic acids is 2. The molecule has 0 heterocycles. The maximum Gasteiger partial charge on any atom is 0.471 e. The van der Waals surface area contributed by atoms with Crippen LogP contribution in [0.25, 0.3) is 0 Å². The van der Waals surface area contributed by atoms with Crippen molar-refractivity contribution in [2.75, 3.05) is 11.9 Å². The van der Waals surface area contributed by atoms with Crippen molar-refractivity contribution in [3.8, 4) is 0 Å². The molecule has 9 heteroatoms. The Bertz CT molecular complexity index is 842. The summed E-state index contributed by atoms with van der Waals surface area (Å²) in [5, 5.41) is 2.66. The first-order valence-electron chi connectivity index (χ1n) is 8.70. The average molecular weight is 430 g/mol. The Balaban J connectivity index is 0.00000420. The second-order valence-electron chi connectivity index (χ2n) is 6.40. The third-order valence-electron chi connectivity index (χ3n) is 4.20. The maximum atomic E-state index is 12.7. The molecule has 0 saturated heterocycles. The Morgan fingerprint density at radius 3 is 2.31 bits per heavy atom. The lowest BCUT2D eigenvalue weighted by atomic mass is 10.1. The van der Waals surface area contributed by atoms with E-state index < -0.39 is 24.0 Å². The summed E-state index contributed by atoms with van der Waals surface area (Å²) in [6.07, 6.45) is -4.93. The summed E-state index contributed by atoms with van der Waals surface area (Å²) < 4.78 is 38.0. The van der Waals surface area contributed by atoms with Crippen LogP contribution in [-0.4, -0.2) is 29.4 Å². The van der Waals surface area contributed by atoms with E-state index in [1.807, 2.05) is 19.1 Å². The van der Waals surface area contributed by atoms with Crippen molar-refractivity contribution < 1.29 is 22.8 Å². The monoisotopic (exact) mass is 429 g/mol. The molecule has 0 bridgehead atoms. The first kappa shape index (κ1) is 24.5. The lowest BCUT2D eigenvalue weighted by molar-refractivity contribution is -0.185. The third kappa shape index (κ3) is 6.76. The van der Waals surface area contributed by atoms with Crippen molar-refractivity contribution in [1.82, 2.24) is 4.90 Å². The average Bonchev–Trinajstić information content (AvgIpc) is 2.65. The van der Waals surface area contributed by atoms with Gasteiger partial charge in [-0.1, -0.05) is 42.0 Å². The van der Waals surface area contributed by atoms with E-state index in [0.29, 0.717) is 21.7 Å². The SMILES string of the molecule is CCN(Cc1cccc(NC(=O)C(N)c2ccc(C)cc2)c1)C(=O)C(F)(F)F.Cl. The molecule has 29 heavy (non-hydrogen) atoms. The van der Waals surface area contributed by atoms with E-state index >= 15 is 0 Å². The van der Waals surface area contributed by atoms with Crippen LogP contribution < -0.4 is 11.1 Å². The fourth-order valence-electron chi connectivity index (χ4n) is 2.62. The molecule has 0 spiro atoms. The van der Waals surface area contributed by atoms with Crippen LogP contribution in [0.15, 0.2) is 48.5 Å². The number of anilines is 1. The van der Waals surface area contributed by atoms with Gasteiger partial charge in [-0.15, -0.1) is 12.4 Å². The van der Waals surface area contributed by atoms with Gasteiger partial charge in [0.15, 0.2) is 0 Å². The smallest absolute Gasteiger partial charge is 0.331 e. The number of nitrogens with two attached hydrogens (primary N) is 1. The van der Waals surface area contributed by atoms with E-state index in [1.54, 1.807) is 30.3 Å². The van der Waals surface area contributed by atoms with Gasteiger partial charge in [0.2, 0.25) is 5.91 Å². The van der Waals surface area contributed by atoms with Crippen molar-refractivity contribution in [3.05, 3.63) is 65.2 Å². The van der Waals surface area contributed by atoms with E-state index in [9.17, 15) is 22.8 Å². The minimum absolute atomic E-state index is 0. The Morgan fingerprint density at radius 2 is 1.76 bits per heavy atom. The molecule has 0 saturated carbocycles. The molecular formula is C20H23ClF3N3O2. The van der Waals surface area contributed by atoms with Gasteiger partial charge in [-0.25, -0.2) is 0 Å². The highest BCUT2D eigenvalue weighted by Crippen LogP contribution is 2.21. The normalized spacial score (nSPS) is 11.9. The number of alkyl halides is 3. The summed E-state index contributed by atoms with van der Waals surface area (Å²) in [6.45, 7) is 3.08. The minimum Gasteiger partial charge on any atom is -0.331 e. The van der Waals surface area contributed by atoms with Gasteiger partial charge in [0.25, 0.3) is 0 Å². The molecule has 0 aliphatic rings. The predicted octanol–water partition coefficient (Wildman–Crippen LogP) is 3.97. The topological polar surface area (TPSA) is 75.4 Å². The number of nitrogens with one attached hydrogen (secondary N) is 1. The number of carbonyl (C=O) groups is 2. The second kappa shape index (κ2) is 10.3. The first-order chi connectivity index (χ1) is 13.1. The van der Waals surface area contributed by atoms with Crippen LogP contribution >= 0.6 is 12.4 Å². The molecule has 0 aromatic heterocycles. The van der Waals surface area contributed by atoms with Gasteiger partial charge in [0.1, 0.15) is 6.04 Å². The van der Waals surface area contributed by atoms with Gasteiger partial charge in [-0.05, 0) is 37.1 Å². The highest BCUT2D eigenvalue weighted by Gasteiger charge is 2.41. The van der Waals surface area contributed by atoms with Gasteiger partial charge >= 0.3 is 12.1 Å². The molecule has 5 nitrogen and oxygen atoms in total.